The lowest BCUT2D eigenvalue weighted by molar-refractivity contribution is -0.0410. The van der Waals surface area contributed by atoms with E-state index in [0.29, 0.717) is 26.2 Å². The molecule has 3 rings (SSSR count). The smallest absolute Gasteiger partial charge is 0.224 e. The third-order valence-corrected chi connectivity index (χ3v) is 4.39. The highest BCUT2D eigenvalue weighted by Gasteiger charge is 2.40. The van der Waals surface area contributed by atoms with Gasteiger partial charge < -0.3 is 19.5 Å². The molecule has 21 heavy (non-hydrogen) atoms. The summed E-state index contributed by atoms with van der Waals surface area (Å²) in [6.07, 6.45) is 0.492. The van der Waals surface area contributed by atoms with Crippen molar-refractivity contribution in [1.29, 1.82) is 0 Å². The number of aliphatic hydroxyl groups excluding tert-OH is 1. The van der Waals surface area contributed by atoms with Crippen molar-refractivity contribution in [2.75, 3.05) is 31.3 Å². The molecule has 1 N–H and O–H groups in total. The van der Waals surface area contributed by atoms with E-state index in [4.69, 9.17) is 21.1 Å². The van der Waals surface area contributed by atoms with Gasteiger partial charge in [-0.3, -0.25) is 0 Å². The number of anilines is 1. The van der Waals surface area contributed by atoms with E-state index in [2.05, 4.69) is 21.8 Å². The van der Waals surface area contributed by atoms with E-state index in [1.807, 2.05) is 6.92 Å². The number of hydrogen-bond acceptors (Lipinski definition) is 6. The molecular formula is C14H20ClN3O3. The maximum absolute atomic E-state index is 9.26. The highest BCUT2D eigenvalue weighted by atomic mass is 35.5. The minimum Gasteiger partial charge on any atom is -0.396 e. The minimum absolute atomic E-state index is 0.0425. The maximum Gasteiger partial charge on any atom is 0.224 e. The molecule has 0 radical (unpaired) electrons. The van der Waals surface area contributed by atoms with Crippen molar-refractivity contribution >= 4 is 17.4 Å². The van der Waals surface area contributed by atoms with Crippen LogP contribution in [0.2, 0.25) is 5.28 Å². The van der Waals surface area contributed by atoms with Gasteiger partial charge in [-0.15, -0.1) is 0 Å². The number of ether oxygens (including phenoxy) is 2. The van der Waals surface area contributed by atoms with E-state index in [1.54, 1.807) is 0 Å². The van der Waals surface area contributed by atoms with Crippen molar-refractivity contribution in [2.45, 2.75) is 38.5 Å². The van der Waals surface area contributed by atoms with Gasteiger partial charge in [0.15, 0.2) is 0 Å². The molecule has 6 nitrogen and oxygen atoms in total. The van der Waals surface area contributed by atoms with Crippen LogP contribution in [0.4, 0.5) is 5.82 Å². The van der Waals surface area contributed by atoms with Crippen molar-refractivity contribution in [2.24, 2.45) is 0 Å². The summed E-state index contributed by atoms with van der Waals surface area (Å²) in [4.78, 5) is 11.0. The molecule has 0 aromatic carbocycles. The molecule has 1 unspecified atom stereocenters. The van der Waals surface area contributed by atoms with Crippen LogP contribution in [0.15, 0.2) is 0 Å². The predicted molar refractivity (Wildman–Crippen MR) is 78.5 cm³/mol. The third kappa shape index (κ3) is 2.61. The normalized spacial score (nSPS) is 28.8. The lowest BCUT2D eigenvalue weighted by Gasteiger charge is -2.35. The molecule has 2 aliphatic rings. The van der Waals surface area contributed by atoms with Crippen LogP contribution < -0.4 is 4.90 Å². The molecule has 1 saturated heterocycles. The summed E-state index contributed by atoms with van der Waals surface area (Å²) in [6, 6.07) is 0.235. The van der Waals surface area contributed by atoms with Gasteiger partial charge in [0.05, 0.1) is 31.6 Å². The summed E-state index contributed by atoms with van der Waals surface area (Å²) in [5.41, 5.74) is 1.18. The number of aromatic nitrogens is 2. The first-order valence-electron chi connectivity index (χ1n) is 7.21. The molecule has 2 atom stereocenters. The third-order valence-electron chi connectivity index (χ3n) is 4.22. The Labute approximate surface area is 129 Å². The summed E-state index contributed by atoms with van der Waals surface area (Å²) in [6.45, 7) is 6.65. The second-order valence-electron chi connectivity index (χ2n) is 5.75. The monoisotopic (exact) mass is 313 g/mol. The SMILES string of the molecule is C[C@H]1COCCN1c1nc(Cl)nc2c1COC2(C)CCO. The molecule has 2 aliphatic heterocycles. The Morgan fingerprint density at radius 1 is 1.48 bits per heavy atom. The lowest BCUT2D eigenvalue weighted by Crippen LogP contribution is -2.44. The van der Waals surface area contributed by atoms with Gasteiger partial charge in [0.25, 0.3) is 0 Å². The largest absolute Gasteiger partial charge is 0.396 e. The zero-order valence-corrected chi connectivity index (χ0v) is 13.1. The summed E-state index contributed by atoms with van der Waals surface area (Å²) in [5.74, 6) is 0.836. The molecule has 0 aliphatic carbocycles. The number of morpholine rings is 1. The van der Waals surface area contributed by atoms with Gasteiger partial charge in [0, 0.05) is 25.1 Å². The van der Waals surface area contributed by atoms with E-state index in [1.165, 1.54) is 0 Å². The highest BCUT2D eigenvalue weighted by molar-refractivity contribution is 6.28. The summed E-state index contributed by atoms with van der Waals surface area (Å²) in [5, 5.41) is 9.48. The summed E-state index contributed by atoms with van der Waals surface area (Å²) >= 11 is 6.12. The Balaban J connectivity index is 2.04. The van der Waals surface area contributed by atoms with Crippen molar-refractivity contribution in [3.8, 4) is 0 Å². The van der Waals surface area contributed by atoms with Crippen LogP contribution in [-0.4, -0.2) is 47.5 Å². The molecule has 0 spiro atoms. The van der Waals surface area contributed by atoms with Crippen LogP contribution in [0.5, 0.6) is 0 Å². The highest BCUT2D eigenvalue weighted by Crippen LogP contribution is 2.42. The first-order valence-corrected chi connectivity index (χ1v) is 7.59. The number of hydrogen-bond donors (Lipinski definition) is 1. The summed E-state index contributed by atoms with van der Waals surface area (Å²) in [7, 11) is 0. The zero-order valence-electron chi connectivity index (χ0n) is 12.3. The van der Waals surface area contributed by atoms with Crippen molar-refractivity contribution in [3.63, 3.8) is 0 Å². The predicted octanol–water partition coefficient (Wildman–Crippen LogP) is 1.48. The fourth-order valence-corrected chi connectivity index (χ4v) is 3.16. The number of nitrogens with zero attached hydrogens (tertiary/aromatic N) is 3. The van der Waals surface area contributed by atoms with Gasteiger partial charge in [-0.1, -0.05) is 0 Å². The van der Waals surface area contributed by atoms with E-state index in [-0.39, 0.29) is 17.9 Å². The molecule has 3 heterocycles. The van der Waals surface area contributed by atoms with Gasteiger partial charge in [0.2, 0.25) is 5.28 Å². The number of rotatable bonds is 3. The molecule has 0 amide bonds. The fraction of sp³-hybridized carbons (Fsp3) is 0.714. The summed E-state index contributed by atoms with van der Waals surface area (Å²) < 4.78 is 11.4. The van der Waals surface area contributed by atoms with Gasteiger partial charge in [-0.25, -0.2) is 9.97 Å². The Morgan fingerprint density at radius 2 is 2.29 bits per heavy atom. The van der Waals surface area contributed by atoms with Crippen LogP contribution in [0.1, 0.15) is 31.5 Å². The average Bonchev–Trinajstić information content (AvgIpc) is 2.77. The number of aliphatic hydroxyl groups is 1. The van der Waals surface area contributed by atoms with Crippen molar-refractivity contribution < 1.29 is 14.6 Å². The Bertz CT molecular complexity index is 542. The van der Waals surface area contributed by atoms with Gasteiger partial charge in [-0.05, 0) is 25.4 Å². The maximum atomic E-state index is 9.26. The van der Waals surface area contributed by atoms with E-state index >= 15 is 0 Å². The van der Waals surface area contributed by atoms with E-state index in [0.717, 1.165) is 23.6 Å². The first kappa shape index (κ1) is 15.0. The topological polar surface area (TPSA) is 67.7 Å². The molecule has 0 bridgehead atoms. The standard InChI is InChI=1S/C14H20ClN3O3/c1-9-7-20-6-4-18(9)12-10-8-21-14(2,3-5-19)11(10)16-13(15)17-12/h9,19H,3-8H2,1-2H3/t9-,14?/m0/s1. The van der Waals surface area contributed by atoms with Gasteiger partial charge >= 0.3 is 0 Å². The molecule has 1 aromatic rings. The van der Waals surface area contributed by atoms with Crippen molar-refractivity contribution in [3.05, 3.63) is 16.5 Å². The van der Waals surface area contributed by atoms with Gasteiger partial charge in [-0.2, -0.15) is 0 Å². The molecule has 0 saturated carbocycles. The zero-order chi connectivity index (χ0) is 15.0. The van der Waals surface area contributed by atoms with Crippen molar-refractivity contribution in [1.82, 2.24) is 9.97 Å². The van der Waals surface area contributed by atoms with Crippen LogP contribution in [0, 0.1) is 0 Å². The second kappa shape index (κ2) is 5.68. The number of halogens is 1. The lowest BCUT2D eigenvalue weighted by atomic mass is 9.97. The second-order valence-corrected chi connectivity index (χ2v) is 6.09. The van der Waals surface area contributed by atoms with Gasteiger partial charge in [0.1, 0.15) is 11.4 Å². The Morgan fingerprint density at radius 3 is 3.00 bits per heavy atom. The van der Waals surface area contributed by atoms with E-state index < -0.39 is 5.60 Å². The number of fused-ring (bicyclic) bond motifs is 1. The fourth-order valence-electron chi connectivity index (χ4n) is 3.00. The van der Waals surface area contributed by atoms with Crippen LogP contribution in [-0.2, 0) is 21.7 Å². The first-order chi connectivity index (χ1) is 10.0. The molecule has 7 heteroatoms. The van der Waals surface area contributed by atoms with E-state index in [9.17, 15) is 5.11 Å². The minimum atomic E-state index is -0.596. The molecule has 1 fully saturated rings. The molecule has 116 valence electrons. The Hall–Kier alpha value is -0.950. The molecule has 1 aromatic heterocycles. The Kier molecular flexibility index (Phi) is 4.05. The molecular weight excluding hydrogens is 294 g/mol. The van der Waals surface area contributed by atoms with Crippen LogP contribution in [0.25, 0.3) is 0 Å². The average molecular weight is 314 g/mol. The van der Waals surface area contributed by atoms with Crippen LogP contribution >= 0.6 is 11.6 Å². The van der Waals surface area contributed by atoms with Crippen LogP contribution in [0.3, 0.4) is 0 Å². The quantitative estimate of drug-likeness (QED) is 0.853.